The van der Waals surface area contributed by atoms with Gasteiger partial charge >= 0.3 is 0 Å². The zero-order chi connectivity index (χ0) is 9.14. The van der Waals surface area contributed by atoms with E-state index < -0.39 is 0 Å². The molecule has 0 amide bonds. The monoisotopic (exact) mass is 168 g/mol. The van der Waals surface area contributed by atoms with Crippen LogP contribution in [0.1, 0.15) is 19.4 Å². The van der Waals surface area contributed by atoms with Crippen molar-refractivity contribution < 1.29 is 5.11 Å². The lowest BCUT2D eigenvalue weighted by Crippen LogP contribution is -2.21. The highest BCUT2D eigenvalue weighted by Crippen LogP contribution is 2.04. The van der Waals surface area contributed by atoms with E-state index in [-0.39, 0.29) is 12.0 Å². The predicted octanol–water partition coefficient (Wildman–Crippen LogP) is 1.21. The lowest BCUT2D eigenvalue weighted by atomic mass is 10.1. The minimum Gasteiger partial charge on any atom is -0.391 e. The fraction of sp³-hybridized carbons (Fsp3) is 0.667. The van der Waals surface area contributed by atoms with Crippen LogP contribution in [0.15, 0.2) is 12.4 Å². The van der Waals surface area contributed by atoms with Crippen LogP contribution in [0.25, 0.3) is 0 Å². The van der Waals surface area contributed by atoms with Crippen molar-refractivity contribution in [2.45, 2.75) is 33.4 Å². The van der Waals surface area contributed by atoms with Gasteiger partial charge in [0.15, 0.2) is 0 Å². The molecule has 0 aliphatic heterocycles. The molecule has 0 aromatic carbocycles. The number of aromatic nitrogens is 2. The molecule has 0 bridgehead atoms. The molecule has 1 aromatic heterocycles. The summed E-state index contributed by atoms with van der Waals surface area (Å²) in [5.74, 6) is 0.287. The predicted molar refractivity (Wildman–Crippen MR) is 47.8 cm³/mol. The van der Waals surface area contributed by atoms with Crippen molar-refractivity contribution in [3.8, 4) is 0 Å². The van der Waals surface area contributed by atoms with E-state index in [0.29, 0.717) is 6.54 Å². The Morgan fingerprint density at radius 3 is 2.67 bits per heavy atom. The molecule has 12 heavy (non-hydrogen) atoms. The zero-order valence-electron chi connectivity index (χ0n) is 7.86. The van der Waals surface area contributed by atoms with E-state index >= 15 is 0 Å². The van der Waals surface area contributed by atoms with Crippen LogP contribution in [-0.2, 0) is 6.54 Å². The molecule has 0 radical (unpaired) electrons. The van der Waals surface area contributed by atoms with Crippen molar-refractivity contribution in [2.24, 2.45) is 5.92 Å². The Hall–Kier alpha value is -0.830. The van der Waals surface area contributed by atoms with Crippen LogP contribution in [-0.4, -0.2) is 21.0 Å². The molecule has 1 unspecified atom stereocenters. The molecule has 3 nitrogen and oxygen atoms in total. The third kappa shape index (κ3) is 2.34. The molecule has 0 aliphatic rings. The average molecular weight is 168 g/mol. The first-order chi connectivity index (χ1) is 5.59. The molecule has 1 rings (SSSR count). The number of hydrogen-bond acceptors (Lipinski definition) is 2. The van der Waals surface area contributed by atoms with E-state index in [9.17, 15) is 5.11 Å². The number of hydrogen-bond donors (Lipinski definition) is 1. The van der Waals surface area contributed by atoms with Gasteiger partial charge in [-0.05, 0) is 18.4 Å². The van der Waals surface area contributed by atoms with Gasteiger partial charge in [0.25, 0.3) is 0 Å². The summed E-state index contributed by atoms with van der Waals surface area (Å²) in [6.07, 6.45) is 3.43. The molecule has 0 saturated heterocycles. The van der Waals surface area contributed by atoms with Gasteiger partial charge in [0.2, 0.25) is 0 Å². The van der Waals surface area contributed by atoms with Gasteiger partial charge < -0.3 is 5.11 Å². The second kappa shape index (κ2) is 3.72. The summed E-state index contributed by atoms with van der Waals surface area (Å²) in [5.41, 5.74) is 1.13. The SMILES string of the molecule is Cc1cnn(CC(O)C(C)C)c1. The minimum absolute atomic E-state index is 0.287. The molecule has 1 heterocycles. The van der Waals surface area contributed by atoms with E-state index in [1.54, 1.807) is 10.9 Å². The van der Waals surface area contributed by atoms with Crippen LogP contribution in [0.2, 0.25) is 0 Å². The smallest absolute Gasteiger partial charge is 0.0758 e. The normalized spacial score (nSPS) is 13.8. The molecule has 1 aromatic rings. The maximum Gasteiger partial charge on any atom is 0.0758 e. The molecule has 68 valence electrons. The Morgan fingerprint density at radius 2 is 2.25 bits per heavy atom. The fourth-order valence-electron chi connectivity index (χ4n) is 0.969. The largest absolute Gasteiger partial charge is 0.391 e. The first kappa shape index (κ1) is 9.26. The maximum absolute atomic E-state index is 9.53. The lowest BCUT2D eigenvalue weighted by Gasteiger charge is -2.13. The van der Waals surface area contributed by atoms with Crippen molar-refractivity contribution in [1.82, 2.24) is 9.78 Å². The highest BCUT2D eigenvalue weighted by Gasteiger charge is 2.09. The number of aryl methyl sites for hydroxylation is 1. The van der Waals surface area contributed by atoms with Gasteiger partial charge in [0.1, 0.15) is 0 Å². The Labute approximate surface area is 73.0 Å². The highest BCUT2D eigenvalue weighted by molar-refractivity contribution is 4.99. The van der Waals surface area contributed by atoms with Crippen LogP contribution in [0.5, 0.6) is 0 Å². The number of rotatable bonds is 3. The Balaban J connectivity index is 2.52. The highest BCUT2D eigenvalue weighted by atomic mass is 16.3. The molecule has 0 saturated carbocycles. The van der Waals surface area contributed by atoms with Crippen molar-refractivity contribution in [3.05, 3.63) is 18.0 Å². The Bertz CT molecular complexity index is 242. The third-order valence-electron chi connectivity index (χ3n) is 1.91. The fourth-order valence-corrected chi connectivity index (χ4v) is 0.969. The third-order valence-corrected chi connectivity index (χ3v) is 1.91. The molecule has 3 heteroatoms. The summed E-state index contributed by atoms with van der Waals surface area (Å²) in [7, 11) is 0. The van der Waals surface area contributed by atoms with Gasteiger partial charge in [0, 0.05) is 6.20 Å². The molecule has 0 fully saturated rings. The first-order valence-corrected chi connectivity index (χ1v) is 4.26. The average Bonchev–Trinajstić information content (AvgIpc) is 2.35. The minimum atomic E-state index is -0.302. The van der Waals surface area contributed by atoms with Crippen molar-refractivity contribution in [1.29, 1.82) is 0 Å². The van der Waals surface area contributed by atoms with E-state index in [4.69, 9.17) is 0 Å². The zero-order valence-corrected chi connectivity index (χ0v) is 7.86. The summed E-state index contributed by atoms with van der Waals surface area (Å²) in [4.78, 5) is 0. The van der Waals surface area contributed by atoms with Crippen LogP contribution < -0.4 is 0 Å². The molecule has 0 aliphatic carbocycles. The van der Waals surface area contributed by atoms with E-state index in [1.807, 2.05) is 27.0 Å². The van der Waals surface area contributed by atoms with Crippen molar-refractivity contribution >= 4 is 0 Å². The second-order valence-electron chi connectivity index (χ2n) is 3.55. The van der Waals surface area contributed by atoms with Crippen molar-refractivity contribution in [3.63, 3.8) is 0 Å². The van der Waals surface area contributed by atoms with Gasteiger partial charge in [-0.2, -0.15) is 5.10 Å². The maximum atomic E-state index is 9.53. The summed E-state index contributed by atoms with van der Waals surface area (Å²) >= 11 is 0. The summed E-state index contributed by atoms with van der Waals surface area (Å²) in [5, 5.41) is 13.6. The quantitative estimate of drug-likeness (QED) is 0.736. The van der Waals surface area contributed by atoms with E-state index in [0.717, 1.165) is 5.56 Å². The van der Waals surface area contributed by atoms with Gasteiger partial charge in [-0.15, -0.1) is 0 Å². The summed E-state index contributed by atoms with van der Waals surface area (Å²) < 4.78 is 1.78. The number of aliphatic hydroxyl groups is 1. The van der Waals surface area contributed by atoms with Crippen LogP contribution in [0.4, 0.5) is 0 Å². The van der Waals surface area contributed by atoms with Gasteiger partial charge in [-0.3, -0.25) is 4.68 Å². The van der Waals surface area contributed by atoms with Gasteiger partial charge in [0.05, 0.1) is 18.8 Å². The number of nitrogens with zero attached hydrogens (tertiary/aromatic N) is 2. The Morgan fingerprint density at radius 1 is 1.58 bits per heavy atom. The second-order valence-corrected chi connectivity index (χ2v) is 3.55. The van der Waals surface area contributed by atoms with Gasteiger partial charge in [-0.25, -0.2) is 0 Å². The molecule has 1 N–H and O–H groups in total. The molecule has 0 spiro atoms. The topological polar surface area (TPSA) is 38.0 Å². The standard InChI is InChI=1S/C9H16N2O/c1-7(2)9(12)6-11-5-8(3)4-10-11/h4-5,7,9,12H,6H2,1-3H3. The lowest BCUT2D eigenvalue weighted by molar-refractivity contribution is 0.103. The van der Waals surface area contributed by atoms with Crippen LogP contribution >= 0.6 is 0 Å². The van der Waals surface area contributed by atoms with E-state index in [2.05, 4.69) is 5.10 Å². The van der Waals surface area contributed by atoms with E-state index in [1.165, 1.54) is 0 Å². The first-order valence-electron chi connectivity index (χ1n) is 4.26. The van der Waals surface area contributed by atoms with Crippen LogP contribution in [0.3, 0.4) is 0 Å². The summed E-state index contributed by atoms with van der Waals surface area (Å²) in [6, 6.07) is 0. The summed E-state index contributed by atoms with van der Waals surface area (Å²) in [6.45, 7) is 6.58. The molecular weight excluding hydrogens is 152 g/mol. The van der Waals surface area contributed by atoms with Crippen LogP contribution in [0, 0.1) is 12.8 Å². The number of aliphatic hydroxyl groups excluding tert-OH is 1. The Kier molecular flexibility index (Phi) is 2.87. The van der Waals surface area contributed by atoms with Crippen molar-refractivity contribution in [2.75, 3.05) is 0 Å². The molecule has 1 atom stereocenters. The van der Waals surface area contributed by atoms with Gasteiger partial charge in [-0.1, -0.05) is 13.8 Å². The molecular formula is C9H16N2O.